The van der Waals surface area contributed by atoms with Gasteiger partial charge in [0.15, 0.2) is 12.2 Å². The fourth-order valence-electron chi connectivity index (χ4n) is 2.81. The van der Waals surface area contributed by atoms with E-state index in [0.29, 0.717) is 27.9 Å². The zero-order valence-corrected chi connectivity index (χ0v) is 15.9. The number of para-hydroxylation sites is 1. The van der Waals surface area contributed by atoms with Crippen LogP contribution >= 0.6 is 11.6 Å². The van der Waals surface area contributed by atoms with Crippen molar-refractivity contribution in [1.29, 1.82) is 0 Å². The molecule has 6 heteroatoms. The molecule has 4 rings (SSSR count). The van der Waals surface area contributed by atoms with Crippen LogP contribution in [-0.2, 0) is 4.79 Å². The number of nitrogens with one attached hydrogen (secondary N) is 1. The lowest BCUT2D eigenvalue weighted by Crippen LogP contribution is -2.20. The topological polar surface area (TPSA) is 64.4 Å². The maximum Gasteiger partial charge on any atom is 0.262 e. The highest BCUT2D eigenvalue weighted by molar-refractivity contribution is 6.32. The van der Waals surface area contributed by atoms with Gasteiger partial charge in [-0.2, -0.15) is 0 Å². The smallest absolute Gasteiger partial charge is 0.262 e. The van der Waals surface area contributed by atoms with Crippen LogP contribution in [0.3, 0.4) is 0 Å². The van der Waals surface area contributed by atoms with Gasteiger partial charge in [0, 0.05) is 17.3 Å². The lowest BCUT2D eigenvalue weighted by atomic mass is 10.1. The number of ether oxygens (including phenoxy) is 1. The third-order valence-electron chi connectivity index (χ3n) is 4.13. The van der Waals surface area contributed by atoms with Crippen LogP contribution in [0.1, 0.15) is 5.56 Å². The molecule has 1 heterocycles. The van der Waals surface area contributed by atoms with Crippen LogP contribution in [0.15, 0.2) is 71.1 Å². The minimum Gasteiger partial charge on any atom is -0.482 e. The van der Waals surface area contributed by atoms with E-state index in [1.54, 1.807) is 36.4 Å². The number of hydrogen-bond acceptors (Lipinski definition) is 4. The number of fused-ring (bicyclic) bond motifs is 1. The molecule has 0 saturated carbocycles. The Morgan fingerprint density at radius 1 is 1.11 bits per heavy atom. The molecule has 0 aliphatic carbocycles. The Balaban J connectivity index is 1.47. The van der Waals surface area contributed by atoms with E-state index >= 15 is 0 Å². The zero-order chi connectivity index (χ0) is 19.5. The standard InChI is InChI=1S/C22H17ClN2O3/c1-14-5-4-6-15(11-14)22-25-18-10-9-16(12-20(18)28-22)24-21(26)13-27-19-8-3-2-7-17(19)23/h2-12H,13H2,1H3,(H,24,26). The third kappa shape index (κ3) is 4.00. The molecule has 140 valence electrons. The number of aryl methyl sites for hydroxylation is 1. The number of nitrogens with zero attached hydrogens (tertiary/aromatic N) is 1. The van der Waals surface area contributed by atoms with Gasteiger partial charge >= 0.3 is 0 Å². The second-order valence-corrected chi connectivity index (χ2v) is 6.75. The first kappa shape index (κ1) is 18.1. The van der Waals surface area contributed by atoms with Gasteiger partial charge in [-0.25, -0.2) is 4.98 Å². The van der Waals surface area contributed by atoms with Crippen molar-refractivity contribution in [3.05, 3.63) is 77.3 Å². The normalized spacial score (nSPS) is 10.8. The number of rotatable bonds is 5. The molecule has 1 amide bonds. The minimum absolute atomic E-state index is 0.146. The Kier molecular flexibility index (Phi) is 5.00. The van der Waals surface area contributed by atoms with Gasteiger partial charge in [-0.15, -0.1) is 0 Å². The summed E-state index contributed by atoms with van der Waals surface area (Å²) in [5.41, 5.74) is 3.97. The highest BCUT2D eigenvalue weighted by Crippen LogP contribution is 2.27. The maximum absolute atomic E-state index is 12.2. The number of benzene rings is 3. The number of halogens is 1. The van der Waals surface area contributed by atoms with Crippen LogP contribution in [0.2, 0.25) is 5.02 Å². The van der Waals surface area contributed by atoms with Crippen molar-refractivity contribution < 1.29 is 13.9 Å². The largest absolute Gasteiger partial charge is 0.482 e. The monoisotopic (exact) mass is 392 g/mol. The number of amides is 1. The Morgan fingerprint density at radius 3 is 2.79 bits per heavy atom. The second-order valence-electron chi connectivity index (χ2n) is 6.34. The number of carbonyl (C=O) groups excluding carboxylic acids is 1. The van der Waals surface area contributed by atoms with Crippen LogP contribution in [0.4, 0.5) is 5.69 Å². The predicted octanol–water partition coefficient (Wildman–Crippen LogP) is 5.47. The number of carbonyl (C=O) groups is 1. The fraction of sp³-hybridized carbons (Fsp3) is 0.0909. The summed E-state index contributed by atoms with van der Waals surface area (Å²) in [6, 6.07) is 20.3. The van der Waals surface area contributed by atoms with Gasteiger partial charge in [0.1, 0.15) is 11.3 Å². The van der Waals surface area contributed by atoms with Crippen molar-refractivity contribution in [3.63, 3.8) is 0 Å². The van der Waals surface area contributed by atoms with Crippen LogP contribution in [0, 0.1) is 6.92 Å². The highest BCUT2D eigenvalue weighted by atomic mass is 35.5. The van der Waals surface area contributed by atoms with E-state index in [-0.39, 0.29) is 12.5 Å². The Bertz CT molecular complexity index is 1150. The van der Waals surface area contributed by atoms with E-state index < -0.39 is 0 Å². The SMILES string of the molecule is Cc1cccc(-c2nc3ccc(NC(=O)COc4ccccc4Cl)cc3o2)c1. The maximum atomic E-state index is 12.2. The first-order chi connectivity index (χ1) is 13.6. The van der Waals surface area contributed by atoms with Crippen molar-refractivity contribution in [1.82, 2.24) is 4.98 Å². The summed E-state index contributed by atoms with van der Waals surface area (Å²) in [5, 5.41) is 3.25. The minimum atomic E-state index is -0.294. The van der Waals surface area contributed by atoms with Crippen LogP contribution < -0.4 is 10.1 Å². The van der Waals surface area contributed by atoms with E-state index in [4.69, 9.17) is 20.8 Å². The molecule has 1 aromatic heterocycles. The second kappa shape index (κ2) is 7.74. The van der Waals surface area contributed by atoms with Gasteiger partial charge in [0.2, 0.25) is 5.89 Å². The number of aromatic nitrogens is 1. The average Bonchev–Trinajstić information content (AvgIpc) is 3.11. The summed E-state index contributed by atoms with van der Waals surface area (Å²) in [4.78, 5) is 16.7. The first-order valence-electron chi connectivity index (χ1n) is 8.73. The van der Waals surface area contributed by atoms with E-state index in [9.17, 15) is 4.79 Å². The van der Waals surface area contributed by atoms with Crippen LogP contribution in [0.25, 0.3) is 22.6 Å². The van der Waals surface area contributed by atoms with Gasteiger partial charge in [-0.05, 0) is 43.3 Å². The van der Waals surface area contributed by atoms with Crippen LogP contribution in [0.5, 0.6) is 5.75 Å². The molecule has 28 heavy (non-hydrogen) atoms. The Morgan fingerprint density at radius 2 is 1.96 bits per heavy atom. The Labute approximate surface area is 166 Å². The van der Waals surface area contributed by atoms with Crippen molar-refractivity contribution in [2.75, 3.05) is 11.9 Å². The molecule has 0 saturated heterocycles. The van der Waals surface area contributed by atoms with E-state index in [2.05, 4.69) is 10.3 Å². The molecule has 5 nitrogen and oxygen atoms in total. The van der Waals surface area contributed by atoms with Crippen molar-refractivity contribution in [2.24, 2.45) is 0 Å². The summed E-state index contributed by atoms with van der Waals surface area (Å²) in [5.74, 6) is 0.717. The molecule has 0 aliphatic rings. The van der Waals surface area contributed by atoms with E-state index in [0.717, 1.165) is 16.6 Å². The van der Waals surface area contributed by atoms with Gasteiger partial charge in [-0.1, -0.05) is 41.4 Å². The predicted molar refractivity (Wildman–Crippen MR) is 110 cm³/mol. The average molecular weight is 393 g/mol. The van der Waals surface area contributed by atoms with Gasteiger partial charge in [0.25, 0.3) is 5.91 Å². The molecular weight excluding hydrogens is 376 g/mol. The molecular formula is C22H17ClN2O3. The molecule has 0 radical (unpaired) electrons. The third-order valence-corrected chi connectivity index (χ3v) is 4.44. The van der Waals surface area contributed by atoms with Crippen molar-refractivity contribution in [2.45, 2.75) is 6.92 Å². The molecule has 0 bridgehead atoms. The highest BCUT2D eigenvalue weighted by Gasteiger charge is 2.11. The summed E-state index contributed by atoms with van der Waals surface area (Å²) in [6.45, 7) is 1.87. The lowest BCUT2D eigenvalue weighted by molar-refractivity contribution is -0.118. The number of hydrogen-bond donors (Lipinski definition) is 1. The first-order valence-corrected chi connectivity index (χ1v) is 9.11. The van der Waals surface area contributed by atoms with E-state index in [1.165, 1.54) is 0 Å². The zero-order valence-electron chi connectivity index (χ0n) is 15.1. The quantitative estimate of drug-likeness (QED) is 0.488. The van der Waals surface area contributed by atoms with Crippen LogP contribution in [-0.4, -0.2) is 17.5 Å². The molecule has 0 spiro atoms. The summed E-state index contributed by atoms with van der Waals surface area (Å²) in [6.07, 6.45) is 0. The molecule has 0 atom stereocenters. The van der Waals surface area contributed by atoms with Gasteiger partial charge in [0.05, 0.1) is 5.02 Å². The fourth-order valence-corrected chi connectivity index (χ4v) is 3.00. The van der Waals surface area contributed by atoms with E-state index in [1.807, 2.05) is 37.3 Å². The molecule has 0 fully saturated rings. The number of anilines is 1. The molecule has 4 aromatic rings. The Hall–Kier alpha value is -3.31. The van der Waals surface area contributed by atoms with Crippen molar-refractivity contribution in [3.8, 4) is 17.2 Å². The summed E-state index contributed by atoms with van der Waals surface area (Å²) in [7, 11) is 0. The number of oxazole rings is 1. The summed E-state index contributed by atoms with van der Waals surface area (Å²) >= 11 is 6.02. The van der Waals surface area contributed by atoms with Gasteiger partial charge in [-0.3, -0.25) is 4.79 Å². The molecule has 0 unspecified atom stereocenters. The lowest BCUT2D eigenvalue weighted by Gasteiger charge is -2.08. The summed E-state index contributed by atoms with van der Waals surface area (Å²) < 4.78 is 11.3. The van der Waals surface area contributed by atoms with Gasteiger partial charge < -0.3 is 14.5 Å². The van der Waals surface area contributed by atoms with Crippen molar-refractivity contribution >= 4 is 34.3 Å². The molecule has 0 aliphatic heterocycles. The molecule has 1 N–H and O–H groups in total. The molecule has 3 aromatic carbocycles.